The Labute approximate surface area is 94.3 Å². The molecular formula is C12H16O2S. The lowest BCUT2D eigenvalue weighted by Crippen LogP contribution is -2.33. The second-order valence-electron chi connectivity index (χ2n) is 4.13. The average molecular weight is 224 g/mol. The molecule has 1 saturated heterocycles. The van der Waals surface area contributed by atoms with Gasteiger partial charge in [-0.1, -0.05) is 6.92 Å². The van der Waals surface area contributed by atoms with E-state index < -0.39 is 5.60 Å². The molecule has 0 aliphatic carbocycles. The van der Waals surface area contributed by atoms with Crippen molar-refractivity contribution >= 4 is 17.1 Å². The van der Waals surface area contributed by atoms with E-state index in [0.29, 0.717) is 6.61 Å². The first kappa shape index (κ1) is 10.8. The molecule has 1 aromatic heterocycles. The topological polar surface area (TPSA) is 26.3 Å². The van der Waals surface area contributed by atoms with E-state index in [2.05, 4.69) is 6.92 Å². The Morgan fingerprint density at radius 1 is 1.60 bits per heavy atom. The summed E-state index contributed by atoms with van der Waals surface area (Å²) in [6.07, 6.45) is 2.84. The van der Waals surface area contributed by atoms with Gasteiger partial charge in [-0.15, -0.1) is 11.3 Å². The van der Waals surface area contributed by atoms with E-state index in [9.17, 15) is 4.79 Å². The van der Waals surface area contributed by atoms with Gasteiger partial charge in [-0.3, -0.25) is 4.79 Å². The average Bonchev–Trinajstić information content (AvgIpc) is 2.85. The van der Waals surface area contributed by atoms with Crippen molar-refractivity contribution in [1.82, 2.24) is 0 Å². The summed E-state index contributed by atoms with van der Waals surface area (Å²) in [5, 5.41) is 0. The summed E-state index contributed by atoms with van der Waals surface area (Å²) < 4.78 is 5.56. The first-order chi connectivity index (χ1) is 7.15. The van der Waals surface area contributed by atoms with Crippen LogP contribution >= 0.6 is 11.3 Å². The van der Waals surface area contributed by atoms with Crippen molar-refractivity contribution in [2.24, 2.45) is 0 Å². The molecule has 1 aliphatic rings. The molecular weight excluding hydrogens is 208 g/mol. The molecule has 2 nitrogen and oxygen atoms in total. The summed E-state index contributed by atoms with van der Waals surface area (Å²) in [6.45, 7) is 4.73. The highest BCUT2D eigenvalue weighted by molar-refractivity contribution is 7.14. The quantitative estimate of drug-likeness (QED) is 0.738. The number of Topliss-reactive ketones (excluding diaryl/α,β-unsaturated/α-hetero) is 1. The molecule has 0 radical (unpaired) electrons. The second-order valence-corrected chi connectivity index (χ2v) is 5.30. The number of carbonyl (C=O) groups excluding carboxylic acids is 1. The van der Waals surface area contributed by atoms with E-state index in [1.54, 1.807) is 11.3 Å². The lowest BCUT2D eigenvalue weighted by atomic mass is 9.96. The van der Waals surface area contributed by atoms with Crippen molar-refractivity contribution in [3.05, 3.63) is 21.9 Å². The van der Waals surface area contributed by atoms with Crippen LogP contribution in [0.15, 0.2) is 12.1 Å². The van der Waals surface area contributed by atoms with Crippen molar-refractivity contribution in [1.29, 1.82) is 0 Å². The minimum atomic E-state index is -0.560. The number of ketones is 1. The van der Waals surface area contributed by atoms with Crippen LogP contribution in [0.4, 0.5) is 0 Å². The number of ether oxygens (including phenoxy) is 1. The zero-order valence-electron chi connectivity index (χ0n) is 9.21. The van der Waals surface area contributed by atoms with Crippen LogP contribution in [0, 0.1) is 0 Å². The third kappa shape index (κ3) is 1.99. The largest absolute Gasteiger partial charge is 0.367 e. The van der Waals surface area contributed by atoms with Crippen LogP contribution in [0.25, 0.3) is 0 Å². The normalized spacial score (nSPS) is 25.7. The van der Waals surface area contributed by atoms with Gasteiger partial charge in [-0.25, -0.2) is 0 Å². The summed E-state index contributed by atoms with van der Waals surface area (Å²) >= 11 is 1.60. The smallest absolute Gasteiger partial charge is 0.204 e. The molecule has 0 N–H and O–H groups in total. The second kappa shape index (κ2) is 4.06. The van der Waals surface area contributed by atoms with Crippen LogP contribution in [0.2, 0.25) is 0 Å². The van der Waals surface area contributed by atoms with E-state index in [-0.39, 0.29) is 5.78 Å². The SMILES string of the molecule is CCc1ccc(C(=O)C2(C)CCCO2)s1. The molecule has 1 atom stereocenters. The van der Waals surface area contributed by atoms with Gasteiger partial charge in [-0.2, -0.15) is 0 Å². The molecule has 0 spiro atoms. The lowest BCUT2D eigenvalue weighted by molar-refractivity contribution is 0.0217. The van der Waals surface area contributed by atoms with Gasteiger partial charge in [0.2, 0.25) is 5.78 Å². The minimum absolute atomic E-state index is 0.157. The fraction of sp³-hybridized carbons (Fsp3) is 0.583. The van der Waals surface area contributed by atoms with Gasteiger partial charge in [0.05, 0.1) is 4.88 Å². The van der Waals surface area contributed by atoms with Gasteiger partial charge >= 0.3 is 0 Å². The molecule has 1 fully saturated rings. The molecule has 1 aromatic rings. The van der Waals surface area contributed by atoms with Crippen LogP contribution < -0.4 is 0 Å². The zero-order valence-corrected chi connectivity index (χ0v) is 10.0. The van der Waals surface area contributed by atoms with Crippen LogP contribution in [0.3, 0.4) is 0 Å². The molecule has 0 saturated carbocycles. The summed E-state index contributed by atoms with van der Waals surface area (Å²) in [5.74, 6) is 0.157. The van der Waals surface area contributed by atoms with Crippen molar-refractivity contribution in [3.63, 3.8) is 0 Å². The molecule has 82 valence electrons. The predicted octanol–water partition coefficient (Wildman–Crippen LogP) is 3.06. The maximum Gasteiger partial charge on any atom is 0.204 e. The molecule has 2 heterocycles. The number of rotatable bonds is 3. The minimum Gasteiger partial charge on any atom is -0.367 e. The van der Waals surface area contributed by atoms with E-state index in [1.165, 1.54) is 4.88 Å². The molecule has 3 heteroatoms. The number of aryl methyl sites for hydroxylation is 1. The molecule has 0 bridgehead atoms. The standard InChI is InChI=1S/C12H16O2S/c1-3-9-5-6-10(15-9)11(13)12(2)7-4-8-14-12/h5-6H,3-4,7-8H2,1-2H3. The number of carbonyl (C=O) groups is 1. The maximum atomic E-state index is 12.2. The van der Waals surface area contributed by atoms with Gasteiger partial charge in [0.1, 0.15) is 5.60 Å². The molecule has 0 aromatic carbocycles. The van der Waals surface area contributed by atoms with Gasteiger partial charge in [0.15, 0.2) is 0 Å². The summed E-state index contributed by atoms with van der Waals surface area (Å²) in [6, 6.07) is 3.97. The fourth-order valence-electron chi connectivity index (χ4n) is 1.91. The predicted molar refractivity (Wildman–Crippen MR) is 61.6 cm³/mol. The van der Waals surface area contributed by atoms with E-state index in [4.69, 9.17) is 4.74 Å². The Morgan fingerprint density at radius 3 is 2.93 bits per heavy atom. The zero-order chi connectivity index (χ0) is 10.9. The van der Waals surface area contributed by atoms with Crippen LogP contribution in [0.1, 0.15) is 41.2 Å². The van der Waals surface area contributed by atoms with Crippen molar-refractivity contribution in [2.45, 2.75) is 38.7 Å². The Morgan fingerprint density at radius 2 is 2.40 bits per heavy atom. The summed E-state index contributed by atoms with van der Waals surface area (Å²) in [4.78, 5) is 14.3. The van der Waals surface area contributed by atoms with E-state index in [1.807, 2.05) is 19.1 Å². The highest BCUT2D eigenvalue weighted by atomic mass is 32.1. The third-order valence-electron chi connectivity index (χ3n) is 2.93. The maximum absolute atomic E-state index is 12.2. The van der Waals surface area contributed by atoms with Crippen molar-refractivity contribution in [3.8, 4) is 0 Å². The molecule has 2 rings (SSSR count). The van der Waals surface area contributed by atoms with E-state index in [0.717, 1.165) is 24.1 Å². The van der Waals surface area contributed by atoms with Crippen LogP contribution in [-0.4, -0.2) is 18.0 Å². The van der Waals surface area contributed by atoms with Gasteiger partial charge in [0.25, 0.3) is 0 Å². The molecule has 0 amide bonds. The molecule has 1 unspecified atom stereocenters. The number of hydrogen-bond acceptors (Lipinski definition) is 3. The number of hydrogen-bond donors (Lipinski definition) is 0. The third-order valence-corrected chi connectivity index (χ3v) is 4.16. The van der Waals surface area contributed by atoms with Gasteiger partial charge < -0.3 is 4.74 Å². The van der Waals surface area contributed by atoms with Crippen LogP contribution in [-0.2, 0) is 11.2 Å². The number of thiophene rings is 1. The first-order valence-corrected chi connectivity index (χ1v) is 6.25. The summed E-state index contributed by atoms with van der Waals surface area (Å²) in [7, 11) is 0. The Balaban J connectivity index is 2.19. The van der Waals surface area contributed by atoms with Crippen molar-refractivity contribution < 1.29 is 9.53 Å². The van der Waals surface area contributed by atoms with Gasteiger partial charge in [0, 0.05) is 11.5 Å². The first-order valence-electron chi connectivity index (χ1n) is 5.43. The van der Waals surface area contributed by atoms with Gasteiger partial charge in [-0.05, 0) is 38.3 Å². The highest BCUT2D eigenvalue weighted by Crippen LogP contribution is 2.31. The molecule has 1 aliphatic heterocycles. The Bertz CT molecular complexity index is 361. The lowest BCUT2D eigenvalue weighted by Gasteiger charge is -2.20. The monoisotopic (exact) mass is 224 g/mol. The summed E-state index contributed by atoms with van der Waals surface area (Å²) in [5.41, 5.74) is -0.560. The molecule has 15 heavy (non-hydrogen) atoms. The highest BCUT2D eigenvalue weighted by Gasteiger charge is 2.38. The van der Waals surface area contributed by atoms with Crippen LogP contribution in [0.5, 0.6) is 0 Å². The Hall–Kier alpha value is -0.670. The Kier molecular flexibility index (Phi) is 2.94. The fourth-order valence-corrected chi connectivity index (χ4v) is 2.92. The van der Waals surface area contributed by atoms with Crippen molar-refractivity contribution in [2.75, 3.05) is 6.61 Å². The van der Waals surface area contributed by atoms with E-state index >= 15 is 0 Å².